The molecule has 0 fully saturated rings. The van der Waals surface area contributed by atoms with Crippen LogP contribution in [0.2, 0.25) is 0 Å². The first-order valence-electron chi connectivity index (χ1n) is 3.55. The summed E-state index contributed by atoms with van der Waals surface area (Å²) < 4.78 is 10.2. The Bertz CT molecular complexity index is 391. The molecule has 0 radical (unpaired) electrons. The quantitative estimate of drug-likeness (QED) is 0.829. The molecule has 13 heavy (non-hydrogen) atoms. The molecule has 0 unspecified atom stereocenters. The molecule has 3 nitrogen and oxygen atoms in total. The van der Waals surface area contributed by atoms with Crippen LogP contribution in [0.3, 0.4) is 0 Å². The molecule has 1 aromatic carbocycles. The third-order valence-corrected chi connectivity index (χ3v) is 2.38. The Labute approximate surface area is 87.7 Å². The molecule has 5 heteroatoms. The fraction of sp³-hybridized carbons (Fsp3) is 0. The molecule has 0 N–H and O–H groups in total. The normalized spacial score (nSPS) is 9.92. The number of hydrogen-bond acceptors (Lipinski definition) is 4. The summed E-state index contributed by atoms with van der Waals surface area (Å²) in [5.74, 6) is 0.756. The maximum absolute atomic E-state index is 5.41. The van der Waals surface area contributed by atoms with E-state index < -0.39 is 0 Å². The highest BCUT2D eigenvalue weighted by molar-refractivity contribution is 9.10. The number of aromatic nitrogens is 2. The summed E-state index contributed by atoms with van der Waals surface area (Å²) in [7, 11) is 0. The van der Waals surface area contributed by atoms with Gasteiger partial charge in [0.2, 0.25) is 0 Å². The van der Waals surface area contributed by atoms with Gasteiger partial charge in [0, 0.05) is 16.0 Å². The monoisotopic (exact) mass is 256 g/mol. The van der Waals surface area contributed by atoms with E-state index in [1.807, 2.05) is 24.3 Å². The van der Waals surface area contributed by atoms with Crippen LogP contribution in [0, 0.1) is 0 Å². The minimum Gasteiger partial charge on any atom is -0.430 e. The van der Waals surface area contributed by atoms with Crippen molar-refractivity contribution in [1.82, 2.24) is 9.36 Å². The summed E-state index contributed by atoms with van der Waals surface area (Å²) in [5.41, 5.74) is 0. The minimum atomic E-state index is 0.554. The Kier molecular flexibility index (Phi) is 2.56. The van der Waals surface area contributed by atoms with E-state index in [0.29, 0.717) is 5.19 Å². The number of ether oxygens (including phenoxy) is 1. The minimum absolute atomic E-state index is 0.554. The zero-order valence-corrected chi connectivity index (χ0v) is 8.88. The summed E-state index contributed by atoms with van der Waals surface area (Å²) >= 11 is 4.58. The van der Waals surface area contributed by atoms with E-state index in [1.165, 1.54) is 17.9 Å². The second-order valence-electron chi connectivity index (χ2n) is 2.27. The van der Waals surface area contributed by atoms with Gasteiger partial charge in [-0.15, -0.1) is 0 Å². The van der Waals surface area contributed by atoms with Gasteiger partial charge in [-0.2, -0.15) is 9.36 Å². The lowest BCUT2D eigenvalue weighted by molar-refractivity contribution is 0.478. The lowest BCUT2D eigenvalue weighted by Gasteiger charge is -1.99. The van der Waals surface area contributed by atoms with Crippen molar-refractivity contribution in [2.75, 3.05) is 0 Å². The van der Waals surface area contributed by atoms with Gasteiger partial charge in [0.15, 0.2) is 0 Å². The van der Waals surface area contributed by atoms with E-state index in [1.54, 1.807) is 0 Å². The maximum atomic E-state index is 5.41. The molecule has 0 aliphatic rings. The van der Waals surface area contributed by atoms with Crippen molar-refractivity contribution in [3.63, 3.8) is 0 Å². The Morgan fingerprint density at radius 3 is 3.00 bits per heavy atom. The van der Waals surface area contributed by atoms with Gasteiger partial charge in [0.25, 0.3) is 5.19 Å². The van der Waals surface area contributed by atoms with Crippen LogP contribution in [0.1, 0.15) is 0 Å². The molecule has 0 saturated heterocycles. The first-order chi connectivity index (χ1) is 6.34. The van der Waals surface area contributed by atoms with Gasteiger partial charge >= 0.3 is 0 Å². The second-order valence-corrected chi connectivity index (χ2v) is 3.92. The van der Waals surface area contributed by atoms with Gasteiger partial charge < -0.3 is 4.74 Å². The standard InChI is InChI=1S/C8H5BrN2OS/c9-6-2-1-3-7(4-6)12-8-10-5-11-13-8/h1-5H. The van der Waals surface area contributed by atoms with E-state index in [0.717, 1.165) is 10.2 Å². The largest absolute Gasteiger partial charge is 0.430 e. The molecule has 0 bridgehead atoms. The predicted molar refractivity (Wildman–Crippen MR) is 54.1 cm³/mol. The molecule has 66 valence electrons. The van der Waals surface area contributed by atoms with Crippen LogP contribution in [0.25, 0.3) is 0 Å². The second kappa shape index (κ2) is 3.85. The molecule has 1 heterocycles. The molecule has 0 aliphatic heterocycles. The van der Waals surface area contributed by atoms with Gasteiger partial charge in [-0.1, -0.05) is 22.0 Å². The Hall–Kier alpha value is -0.940. The molecule has 0 atom stereocenters. The summed E-state index contributed by atoms with van der Waals surface area (Å²) in [6.45, 7) is 0. The van der Waals surface area contributed by atoms with Crippen molar-refractivity contribution < 1.29 is 4.74 Å². The van der Waals surface area contributed by atoms with Crippen molar-refractivity contribution in [2.24, 2.45) is 0 Å². The average Bonchev–Trinajstić information content (AvgIpc) is 2.57. The van der Waals surface area contributed by atoms with Gasteiger partial charge in [-0.3, -0.25) is 0 Å². The van der Waals surface area contributed by atoms with E-state index in [2.05, 4.69) is 25.3 Å². The average molecular weight is 257 g/mol. The molecule has 0 amide bonds. The summed E-state index contributed by atoms with van der Waals surface area (Å²) in [6.07, 6.45) is 1.47. The molecule has 2 rings (SSSR count). The van der Waals surface area contributed by atoms with Crippen LogP contribution in [-0.2, 0) is 0 Å². The van der Waals surface area contributed by atoms with Crippen LogP contribution in [0.15, 0.2) is 35.1 Å². The van der Waals surface area contributed by atoms with Gasteiger partial charge in [-0.25, -0.2) is 0 Å². The first kappa shape index (κ1) is 8.65. The Morgan fingerprint density at radius 2 is 2.31 bits per heavy atom. The summed E-state index contributed by atoms with van der Waals surface area (Å²) in [6, 6.07) is 7.58. The van der Waals surface area contributed by atoms with Crippen molar-refractivity contribution >= 4 is 27.5 Å². The Balaban J connectivity index is 2.19. The van der Waals surface area contributed by atoms with Gasteiger partial charge in [0.1, 0.15) is 12.1 Å². The third kappa shape index (κ3) is 2.26. The highest BCUT2D eigenvalue weighted by Crippen LogP contribution is 2.24. The fourth-order valence-corrected chi connectivity index (χ4v) is 1.63. The van der Waals surface area contributed by atoms with Crippen molar-refractivity contribution in [3.8, 4) is 10.9 Å². The first-order valence-corrected chi connectivity index (χ1v) is 5.11. The molecular formula is C8H5BrN2OS. The molecular weight excluding hydrogens is 252 g/mol. The SMILES string of the molecule is Brc1cccc(Oc2ncns2)c1. The van der Waals surface area contributed by atoms with E-state index in [4.69, 9.17) is 4.74 Å². The molecule has 0 spiro atoms. The highest BCUT2D eigenvalue weighted by Gasteiger charge is 1.99. The number of benzene rings is 1. The smallest absolute Gasteiger partial charge is 0.298 e. The zero-order valence-electron chi connectivity index (χ0n) is 6.48. The van der Waals surface area contributed by atoms with E-state index in [-0.39, 0.29) is 0 Å². The Morgan fingerprint density at radius 1 is 1.38 bits per heavy atom. The maximum Gasteiger partial charge on any atom is 0.298 e. The van der Waals surface area contributed by atoms with E-state index >= 15 is 0 Å². The highest BCUT2D eigenvalue weighted by atomic mass is 79.9. The number of hydrogen-bond donors (Lipinski definition) is 0. The summed E-state index contributed by atoms with van der Waals surface area (Å²) in [5, 5.41) is 0.554. The topological polar surface area (TPSA) is 35.0 Å². The van der Waals surface area contributed by atoms with Crippen LogP contribution in [-0.4, -0.2) is 9.36 Å². The van der Waals surface area contributed by atoms with Gasteiger partial charge in [0.05, 0.1) is 0 Å². The van der Waals surface area contributed by atoms with Crippen LogP contribution in [0.4, 0.5) is 0 Å². The zero-order chi connectivity index (χ0) is 9.10. The molecule has 0 aliphatic carbocycles. The van der Waals surface area contributed by atoms with Crippen LogP contribution in [0.5, 0.6) is 10.9 Å². The number of rotatable bonds is 2. The lowest BCUT2D eigenvalue weighted by atomic mass is 10.3. The van der Waals surface area contributed by atoms with Crippen LogP contribution >= 0.6 is 27.5 Å². The number of nitrogens with zero attached hydrogens (tertiary/aromatic N) is 2. The molecule has 2 aromatic rings. The summed E-state index contributed by atoms with van der Waals surface area (Å²) in [4.78, 5) is 3.91. The lowest BCUT2D eigenvalue weighted by Crippen LogP contribution is -1.81. The predicted octanol–water partition coefficient (Wildman–Crippen LogP) is 3.09. The fourth-order valence-electron chi connectivity index (χ4n) is 0.839. The third-order valence-electron chi connectivity index (χ3n) is 1.34. The van der Waals surface area contributed by atoms with E-state index in [9.17, 15) is 0 Å². The van der Waals surface area contributed by atoms with Gasteiger partial charge in [-0.05, 0) is 18.2 Å². The molecule has 0 saturated carbocycles. The van der Waals surface area contributed by atoms with Crippen LogP contribution < -0.4 is 4.74 Å². The molecule has 1 aromatic heterocycles. The van der Waals surface area contributed by atoms with Crippen molar-refractivity contribution in [2.45, 2.75) is 0 Å². The number of halogens is 1. The van der Waals surface area contributed by atoms with Crippen molar-refractivity contribution in [1.29, 1.82) is 0 Å². The van der Waals surface area contributed by atoms with Crippen molar-refractivity contribution in [3.05, 3.63) is 35.1 Å².